The predicted molar refractivity (Wildman–Crippen MR) is 86.6 cm³/mol. The van der Waals surface area contributed by atoms with Gasteiger partial charge in [0.1, 0.15) is 0 Å². The highest BCUT2D eigenvalue weighted by Crippen LogP contribution is 2.41. The zero-order chi connectivity index (χ0) is 15.1. The summed E-state index contributed by atoms with van der Waals surface area (Å²) in [5.41, 5.74) is 3.92. The van der Waals surface area contributed by atoms with Gasteiger partial charge in [-0.1, -0.05) is 11.6 Å². The van der Waals surface area contributed by atoms with Crippen molar-refractivity contribution in [3.05, 3.63) is 54.2 Å². The van der Waals surface area contributed by atoms with Crippen LogP contribution in [0.1, 0.15) is 34.0 Å². The van der Waals surface area contributed by atoms with Gasteiger partial charge in [0.15, 0.2) is 0 Å². The lowest BCUT2D eigenvalue weighted by Crippen LogP contribution is -2.08. The smallest absolute Gasteiger partial charge is 0.274 e. The van der Waals surface area contributed by atoms with Crippen molar-refractivity contribution < 1.29 is 4.92 Å². The first-order chi connectivity index (χ1) is 9.95. The second-order valence-corrected chi connectivity index (χ2v) is 7.14. The Labute approximate surface area is 131 Å². The number of hydrogen-bond donors (Lipinski definition) is 1. The summed E-state index contributed by atoms with van der Waals surface area (Å²) in [4.78, 5) is 12.1. The van der Waals surface area contributed by atoms with Gasteiger partial charge in [0.05, 0.1) is 15.3 Å². The maximum Gasteiger partial charge on any atom is 0.274 e. The van der Waals surface area contributed by atoms with Crippen molar-refractivity contribution in [2.45, 2.75) is 32.7 Å². The number of nitro benzene ring substituents is 1. The van der Waals surface area contributed by atoms with E-state index >= 15 is 0 Å². The molecule has 0 radical (unpaired) electrons. The third-order valence-electron chi connectivity index (χ3n) is 3.92. The normalized spacial score (nSPS) is 16.8. The van der Waals surface area contributed by atoms with Gasteiger partial charge in [-0.2, -0.15) is 0 Å². The molecular weight excluding hydrogens is 308 g/mol. The summed E-state index contributed by atoms with van der Waals surface area (Å²) in [6.07, 6.45) is 2.01. The van der Waals surface area contributed by atoms with Crippen molar-refractivity contribution in [1.82, 2.24) is 0 Å². The summed E-state index contributed by atoms with van der Waals surface area (Å²) in [7, 11) is 0. The molecule has 0 saturated heterocycles. The molecule has 3 rings (SSSR count). The van der Waals surface area contributed by atoms with E-state index in [1.807, 2.05) is 19.1 Å². The second-order valence-electron chi connectivity index (χ2n) is 5.38. The van der Waals surface area contributed by atoms with E-state index in [1.54, 1.807) is 24.3 Å². The fourth-order valence-electron chi connectivity index (χ4n) is 2.86. The van der Waals surface area contributed by atoms with Gasteiger partial charge in [0, 0.05) is 22.2 Å². The SMILES string of the molecule is Cc1cc(C)c([N+](=O)[O-])cc1NC1CCc2sc(Cl)cc21. The van der Waals surface area contributed by atoms with Crippen LogP contribution in [0.25, 0.3) is 0 Å². The molecule has 4 nitrogen and oxygen atoms in total. The molecule has 1 aliphatic carbocycles. The highest BCUT2D eigenvalue weighted by atomic mass is 35.5. The Kier molecular flexibility index (Phi) is 3.63. The summed E-state index contributed by atoms with van der Waals surface area (Å²) in [6.45, 7) is 3.73. The zero-order valence-corrected chi connectivity index (χ0v) is 13.3. The van der Waals surface area contributed by atoms with Crippen LogP contribution in [0.15, 0.2) is 18.2 Å². The average Bonchev–Trinajstić information content (AvgIpc) is 2.92. The Bertz CT molecular complexity index is 727. The Balaban J connectivity index is 1.92. The number of nitrogens with one attached hydrogen (secondary N) is 1. The molecule has 110 valence electrons. The van der Waals surface area contributed by atoms with Gasteiger partial charge >= 0.3 is 0 Å². The number of benzene rings is 1. The Hall–Kier alpha value is -1.59. The maximum atomic E-state index is 11.1. The summed E-state index contributed by atoms with van der Waals surface area (Å²) >= 11 is 7.69. The van der Waals surface area contributed by atoms with Crippen LogP contribution in [0.3, 0.4) is 0 Å². The lowest BCUT2D eigenvalue weighted by atomic mass is 10.1. The van der Waals surface area contributed by atoms with Gasteiger partial charge in [0.2, 0.25) is 0 Å². The second kappa shape index (κ2) is 5.31. The van der Waals surface area contributed by atoms with Crippen LogP contribution in [-0.4, -0.2) is 4.92 Å². The minimum Gasteiger partial charge on any atom is -0.378 e. The molecule has 1 aliphatic rings. The van der Waals surface area contributed by atoms with E-state index in [2.05, 4.69) is 5.32 Å². The quantitative estimate of drug-likeness (QED) is 0.637. The molecule has 0 amide bonds. The standard InChI is InChI=1S/C15H15ClN2O2S/c1-8-5-9(2)13(18(19)20)7-12(8)17-11-3-4-14-10(11)6-15(16)21-14/h5-7,11,17H,3-4H2,1-2H3. The number of halogens is 1. The number of hydrogen-bond acceptors (Lipinski definition) is 4. The van der Waals surface area contributed by atoms with Crippen molar-refractivity contribution in [2.75, 3.05) is 5.32 Å². The van der Waals surface area contributed by atoms with Crippen LogP contribution in [0, 0.1) is 24.0 Å². The first-order valence-corrected chi connectivity index (χ1v) is 7.95. The summed E-state index contributed by atoms with van der Waals surface area (Å²) < 4.78 is 0.804. The van der Waals surface area contributed by atoms with E-state index in [0.29, 0.717) is 5.56 Å². The molecule has 0 aliphatic heterocycles. The van der Waals surface area contributed by atoms with Crippen LogP contribution in [-0.2, 0) is 6.42 Å². The fourth-order valence-corrected chi connectivity index (χ4v) is 4.22. The highest BCUT2D eigenvalue weighted by molar-refractivity contribution is 7.16. The molecule has 1 unspecified atom stereocenters. The van der Waals surface area contributed by atoms with Crippen LogP contribution in [0.2, 0.25) is 4.34 Å². The highest BCUT2D eigenvalue weighted by Gasteiger charge is 2.26. The molecule has 0 spiro atoms. The van der Waals surface area contributed by atoms with Crippen LogP contribution < -0.4 is 5.32 Å². The zero-order valence-electron chi connectivity index (χ0n) is 11.8. The van der Waals surface area contributed by atoms with Gasteiger partial charge in [0.25, 0.3) is 5.69 Å². The number of fused-ring (bicyclic) bond motifs is 1. The number of rotatable bonds is 3. The van der Waals surface area contributed by atoms with Crippen LogP contribution >= 0.6 is 22.9 Å². The van der Waals surface area contributed by atoms with Gasteiger partial charge < -0.3 is 5.32 Å². The molecule has 2 aromatic rings. The number of nitro groups is 1. The molecule has 0 saturated carbocycles. The van der Waals surface area contributed by atoms with Gasteiger partial charge in [-0.05, 0) is 49.9 Å². The lowest BCUT2D eigenvalue weighted by molar-refractivity contribution is -0.385. The Morgan fingerprint density at radius 3 is 2.81 bits per heavy atom. The number of nitrogens with zero attached hydrogens (tertiary/aromatic N) is 1. The van der Waals surface area contributed by atoms with Crippen molar-refractivity contribution in [3.8, 4) is 0 Å². The molecule has 0 fully saturated rings. The molecule has 1 N–H and O–H groups in total. The number of thiophene rings is 1. The van der Waals surface area contributed by atoms with Crippen molar-refractivity contribution in [3.63, 3.8) is 0 Å². The molecule has 1 heterocycles. The third kappa shape index (κ3) is 2.63. The van der Waals surface area contributed by atoms with E-state index in [4.69, 9.17) is 11.6 Å². The van der Waals surface area contributed by atoms with E-state index in [0.717, 1.165) is 28.4 Å². The van der Waals surface area contributed by atoms with Gasteiger partial charge in [-0.3, -0.25) is 10.1 Å². The summed E-state index contributed by atoms with van der Waals surface area (Å²) in [6, 6.07) is 5.68. The molecule has 1 aromatic heterocycles. The van der Waals surface area contributed by atoms with Gasteiger partial charge in [-0.25, -0.2) is 0 Å². The molecule has 1 aromatic carbocycles. The van der Waals surface area contributed by atoms with E-state index in [1.165, 1.54) is 10.4 Å². The van der Waals surface area contributed by atoms with Crippen molar-refractivity contribution in [1.29, 1.82) is 0 Å². The minimum atomic E-state index is -0.332. The topological polar surface area (TPSA) is 55.2 Å². The lowest BCUT2D eigenvalue weighted by Gasteiger charge is -2.17. The summed E-state index contributed by atoms with van der Waals surface area (Å²) in [5, 5.41) is 14.5. The average molecular weight is 323 g/mol. The van der Waals surface area contributed by atoms with E-state index < -0.39 is 0 Å². The minimum absolute atomic E-state index is 0.157. The number of aryl methyl sites for hydroxylation is 3. The Morgan fingerprint density at radius 2 is 2.10 bits per heavy atom. The number of anilines is 1. The van der Waals surface area contributed by atoms with Crippen LogP contribution in [0.5, 0.6) is 0 Å². The maximum absolute atomic E-state index is 11.1. The summed E-state index contributed by atoms with van der Waals surface area (Å²) in [5.74, 6) is 0. The third-order valence-corrected chi connectivity index (χ3v) is 5.26. The van der Waals surface area contributed by atoms with Crippen LogP contribution in [0.4, 0.5) is 11.4 Å². The van der Waals surface area contributed by atoms with E-state index in [-0.39, 0.29) is 16.7 Å². The Morgan fingerprint density at radius 1 is 1.33 bits per heavy atom. The molecule has 0 bridgehead atoms. The monoisotopic (exact) mass is 322 g/mol. The molecular formula is C15H15ClN2O2S. The van der Waals surface area contributed by atoms with Crippen molar-refractivity contribution in [2.24, 2.45) is 0 Å². The van der Waals surface area contributed by atoms with E-state index in [9.17, 15) is 10.1 Å². The molecule has 6 heteroatoms. The molecule has 1 atom stereocenters. The first-order valence-electron chi connectivity index (χ1n) is 6.76. The van der Waals surface area contributed by atoms with Crippen molar-refractivity contribution >= 4 is 34.3 Å². The van der Waals surface area contributed by atoms with Gasteiger partial charge in [-0.15, -0.1) is 11.3 Å². The predicted octanol–water partition coefficient (Wildman–Crippen LogP) is 5.03. The molecule has 21 heavy (non-hydrogen) atoms. The largest absolute Gasteiger partial charge is 0.378 e. The first kappa shape index (κ1) is 14.4. The fraction of sp³-hybridized carbons (Fsp3) is 0.333.